The molecule has 0 heterocycles. The maximum absolute atomic E-state index is 12.6. The Morgan fingerprint density at radius 2 is 0.812 bits per heavy atom. The Morgan fingerprint density at radius 1 is 0.458 bits per heavy atom. The largest absolute Gasteiger partial charge is 0.481 e. The number of aliphatic carboxylic acids is 1. The quantitative estimate of drug-likeness (QED) is 0.0400. The lowest BCUT2D eigenvalue weighted by molar-refractivity contribution is -0.147. The van der Waals surface area contributed by atoms with E-state index in [0.29, 0.717) is 6.42 Å². The Bertz CT molecular complexity index is 727. The minimum absolute atomic E-state index is 0.0610. The summed E-state index contributed by atoms with van der Waals surface area (Å²) >= 11 is 0. The highest BCUT2D eigenvalue weighted by molar-refractivity contribution is 5.69. The summed E-state index contributed by atoms with van der Waals surface area (Å²) in [6.45, 7) is 4.54. The number of carboxylic acid groups (broad SMARTS) is 1. The molecule has 0 saturated heterocycles. The lowest BCUT2D eigenvalue weighted by Crippen LogP contribution is -2.16. The summed E-state index contributed by atoms with van der Waals surface area (Å²) in [5, 5.41) is 8.83. The Morgan fingerprint density at radius 3 is 1.25 bits per heavy atom. The van der Waals surface area contributed by atoms with Crippen molar-refractivity contribution >= 4 is 11.9 Å². The molecule has 0 amide bonds. The molecule has 282 valence electrons. The summed E-state index contributed by atoms with van der Waals surface area (Å²) in [5.74, 6) is -0.780. The molecule has 0 aliphatic carbocycles. The van der Waals surface area contributed by atoms with Gasteiger partial charge in [-0.15, -0.1) is 0 Å². The summed E-state index contributed by atoms with van der Waals surface area (Å²) in [4.78, 5) is 23.3. The predicted octanol–water partition coefficient (Wildman–Crippen LogP) is 14.8. The van der Waals surface area contributed by atoms with E-state index in [9.17, 15) is 9.59 Å². The van der Waals surface area contributed by atoms with Crippen LogP contribution < -0.4 is 0 Å². The molecule has 4 nitrogen and oxygen atoms in total. The van der Waals surface area contributed by atoms with Crippen LogP contribution in [0.2, 0.25) is 0 Å². The fraction of sp³-hybridized carbons (Fsp3) is 0.864. The number of carbonyl (C=O) groups is 2. The van der Waals surface area contributed by atoms with E-state index in [1.54, 1.807) is 0 Å². The maximum Gasteiger partial charge on any atom is 0.306 e. The average molecular weight is 675 g/mol. The van der Waals surface area contributed by atoms with E-state index in [-0.39, 0.29) is 18.5 Å². The van der Waals surface area contributed by atoms with Gasteiger partial charge >= 0.3 is 11.9 Å². The van der Waals surface area contributed by atoms with Gasteiger partial charge in [0.25, 0.3) is 0 Å². The summed E-state index contributed by atoms with van der Waals surface area (Å²) in [6.07, 6.45) is 50.9. The number of rotatable bonds is 39. The van der Waals surface area contributed by atoms with Crippen molar-refractivity contribution in [3.05, 3.63) is 24.3 Å². The molecular weight excluding hydrogens is 592 g/mol. The molecule has 0 aliphatic rings. The van der Waals surface area contributed by atoms with Crippen molar-refractivity contribution < 1.29 is 19.4 Å². The minimum Gasteiger partial charge on any atom is -0.481 e. The molecule has 0 spiro atoms. The highest BCUT2D eigenvalue weighted by Crippen LogP contribution is 2.16. The van der Waals surface area contributed by atoms with Crippen LogP contribution in [0.25, 0.3) is 0 Å². The third-order valence-electron chi connectivity index (χ3n) is 9.63. The second-order valence-corrected chi connectivity index (χ2v) is 14.5. The van der Waals surface area contributed by atoms with Crippen LogP contribution in [0.15, 0.2) is 24.3 Å². The van der Waals surface area contributed by atoms with E-state index in [4.69, 9.17) is 9.84 Å². The molecule has 0 saturated carbocycles. The summed E-state index contributed by atoms with van der Waals surface area (Å²) in [5.41, 5.74) is 0. The fourth-order valence-electron chi connectivity index (χ4n) is 6.44. The van der Waals surface area contributed by atoms with Gasteiger partial charge < -0.3 is 9.84 Å². The number of carbonyl (C=O) groups excluding carboxylic acids is 1. The fourth-order valence-corrected chi connectivity index (χ4v) is 6.44. The SMILES string of the molecule is CCCCCCCC/C=C\C(CCCCCCC(=O)O)OC(=O)CCCCCCCCCCCCC/C=C\CCCCCCCCCC. The lowest BCUT2D eigenvalue weighted by Gasteiger charge is -2.15. The standard InChI is InChI=1S/C44H82O4/c1-3-5-7-9-11-13-14-15-16-17-18-19-20-21-22-23-24-25-26-27-29-31-37-41-44(47)48-42(39-35-32-33-36-40-43(45)46)38-34-30-28-12-10-8-6-4-2/h17-18,34,38,42H,3-16,19-33,35-37,39-41H2,1-2H3,(H,45,46)/b18-17-,38-34-. The van der Waals surface area contributed by atoms with Crippen molar-refractivity contribution in [2.24, 2.45) is 0 Å². The first kappa shape index (κ1) is 46.4. The van der Waals surface area contributed by atoms with E-state index in [1.807, 2.05) is 0 Å². The third-order valence-corrected chi connectivity index (χ3v) is 9.63. The zero-order valence-electron chi connectivity index (χ0n) is 32.3. The van der Waals surface area contributed by atoms with Crippen molar-refractivity contribution in [1.82, 2.24) is 0 Å². The Labute approximate surface area is 299 Å². The van der Waals surface area contributed by atoms with Crippen LogP contribution in [-0.4, -0.2) is 23.1 Å². The van der Waals surface area contributed by atoms with E-state index in [1.165, 1.54) is 161 Å². The minimum atomic E-state index is -0.719. The number of hydrogen-bond donors (Lipinski definition) is 1. The third kappa shape index (κ3) is 38.9. The Hall–Kier alpha value is -1.58. The zero-order chi connectivity index (χ0) is 35.0. The van der Waals surface area contributed by atoms with Crippen LogP contribution in [0, 0.1) is 0 Å². The van der Waals surface area contributed by atoms with Crippen LogP contribution in [0.4, 0.5) is 0 Å². The number of hydrogen-bond acceptors (Lipinski definition) is 3. The van der Waals surface area contributed by atoms with Gasteiger partial charge in [-0.2, -0.15) is 0 Å². The van der Waals surface area contributed by atoms with Gasteiger partial charge in [0, 0.05) is 12.8 Å². The second kappa shape index (κ2) is 39.9. The monoisotopic (exact) mass is 675 g/mol. The normalized spacial score (nSPS) is 12.4. The lowest BCUT2D eigenvalue weighted by atomic mass is 10.0. The molecule has 1 unspecified atom stereocenters. The molecule has 1 N–H and O–H groups in total. The number of allylic oxidation sites excluding steroid dienone is 3. The van der Waals surface area contributed by atoms with Crippen molar-refractivity contribution in [2.45, 2.75) is 245 Å². The molecule has 0 aromatic rings. The van der Waals surface area contributed by atoms with Gasteiger partial charge in [0.15, 0.2) is 0 Å². The molecule has 48 heavy (non-hydrogen) atoms. The molecule has 0 bridgehead atoms. The number of esters is 1. The van der Waals surface area contributed by atoms with Gasteiger partial charge in [-0.25, -0.2) is 0 Å². The van der Waals surface area contributed by atoms with Crippen LogP contribution >= 0.6 is 0 Å². The van der Waals surface area contributed by atoms with Crippen molar-refractivity contribution in [1.29, 1.82) is 0 Å². The van der Waals surface area contributed by atoms with Crippen molar-refractivity contribution in [2.75, 3.05) is 0 Å². The van der Waals surface area contributed by atoms with Gasteiger partial charge in [0.1, 0.15) is 6.10 Å². The maximum atomic E-state index is 12.6. The average Bonchev–Trinajstić information content (AvgIpc) is 3.07. The van der Waals surface area contributed by atoms with E-state index < -0.39 is 5.97 Å². The molecule has 0 radical (unpaired) electrons. The van der Waals surface area contributed by atoms with Crippen LogP contribution in [0.3, 0.4) is 0 Å². The second-order valence-electron chi connectivity index (χ2n) is 14.5. The van der Waals surface area contributed by atoms with Crippen LogP contribution in [-0.2, 0) is 14.3 Å². The molecule has 1 atom stereocenters. The van der Waals surface area contributed by atoms with E-state index >= 15 is 0 Å². The first-order valence-electron chi connectivity index (χ1n) is 21.3. The molecule has 0 aromatic heterocycles. The van der Waals surface area contributed by atoms with Gasteiger partial charge in [-0.1, -0.05) is 180 Å². The molecule has 0 aliphatic heterocycles. The van der Waals surface area contributed by atoms with Gasteiger partial charge in [-0.3, -0.25) is 9.59 Å². The van der Waals surface area contributed by atoms with E-state index in [0.717, 1.165) is 51.4 Å². The Kier molecular flexibility index (Phi) is 38.5. The highest BCUT2D eigenvalue weighted by atomic mass is 16.5. The highest BCUT2D eigenvalue weighted by Gasteiger charge is 2.11. The van der Waals surface area contributed by atoms with Gasteiger partial charge in [-0.05, 0) is 70.3 Å². The summed E-state index contributed by atoms with van der Waals surface area (Å²) in [7, 11) is 0. The first-order valence-corrected chi connectivity index (χ1v) is 21.3. The van der Waals surface area contributed by atoms with Crippen LogP contribution in [0.5, 0.6) is 0 Å². The van der Waals surface area contributed by atoms with Crippen molar-refractivity contribution in [3.8, 4) is 0 Å². The van der Waals surface area contributed by atoms with Gasteiger partial charge in [0.05, 0.1) is 0 Å². The van der Waals surface area contributed by atoms with E-state index in [2.05, 4.69) is 38.2 Å². The van der Waals surface area contributed by atoms with Gasteiger partial charge in [0.2, 0.25) is 0 Å². The number of unbranched alkanes of at least 4 members (excludes halogenated alkanes) is 28. The predicted molar refractivity (Wildman–Crippen MR) is 209 cm³/mol. The summed E-state index contributed by atoms with van der Waals surface area (Å²) in [6, 6.07) is 0. The Balaban J connectivity index is 3.78. The zero-order valence-corrected chi connectivity index (χ0v) is 32.3. The van der Waals surface area contributed by atoms with Crippen molar-refractivity contribution in [3.63, 3.8) is 0 Å². The smallest absolute Gasteiger partial charge is 0.306 e. The molecular formula is C44H82O4. The molecule has 4 heteroatoms. The molecule has 0 rings (SSSR count). The molecule has 0 fully saturated rings. The first-order chi connectivity index (χ1) is 23.6. The van der Waals surface area contributed by atoms with Crippen LogP contribution in [0.1, 0.15) is 239 Å². The number of ether oxygens (including phenoxy) is 1. The topological polar surface area (TPSA) is 63.6 Å². The molecule has 0 aromatic carbocycles. The number of carboxylic acids is 1. The summed E-state index contributed by atoms with van der Waals surface area (Å²) < 4.78 is 5.88.